The number of hydrogen-bond acceptors (Lipinski definition) is 6. The van der Waals surface area contributed by atoms with Gasteiger partial charge in [0.25, 0.3) is 5.91 Å². The molecule has 1 N–H and O–H groups in total. The molecule has 0 bridgehead atoms. The molecule has 7 nitrogen and oxygen atoms in total. The zero-order valence-electron chi connectivity index (χ0n) is 19.2. The van der Waals surface area contributed by atoms with Crippen molar-refractivity contribution in [2.45, 2.75) is 6.61 Å². The molecule has 0 saturated carbocycles. The molecule has 0 spiro atoms. The topological polar surface area (TPSA) is 88.4 Å². The lowest BCUT2D eigenvalue weighted by molar-refractivity contribution is -0.121. The lowest BCUT2D eigenvalue weighted by Crippen LogP contribution is -2.23. The first-order valence-corrected chi connectivity index (χ1v) is 12.6. The number of likely N-dealkylation sites (N-methyl/N-ethyl adjacent to an activating group) is 1. The minimum atomic E-state index is -1.04. The second kappa shape index (κ2) is 11.2. The van der Waals surface area contributed by atoms with Crippen molar-refractivity contribution in [3.05, 3.63) is 91.8 Å². The van der Waals surface area contributed by atoms with Crippen molar-refractivity contribution < 1.29 is 24.2 Å². The molecular formula is C26H20BrClN2O5S. The minimum Gasteiger partial charge on any atom is -0.493 e. The smallest absolute Gasteiger partial charge is 0.335 e. The van der Waals surface area contributed by atoms with Crippen molar-refractivity contribution in [1.82, 2.24) is 4.90 Å². The highest BCUT2D eigenvalue weighted by Crippen LogP contribution is 2.39. The first-order valence-electron chi connectivity index (χ1n) is 10.6. The fourth-order valence-corrected chi connectivity index (χ4v) is 5.01. The largest absolute Gasteiger partial charge is 0.493 e. The molecule has 1 aliphatic heterocycles. The van der Waals surface area contributed by atoms with Gasteiger partial charge in [-0.1, -0.05) is 29.8 Å². The summed E-state index contributed by atoms with van der Waals surface area (Å²) in [6.45, 7) is 0.328. The van der Waals surface area contributed by atoms with E-state index in [0.29, 0.717) is 43.4 Å². The monoisotopic (exact) mass is 586 g/mol. The molecule has 184 valence electrons. The van der Waals surface area contributed by atoms with Crippen molar-refractivity contribution in [2.24, 2.45) is 4.99 Å². The van der Waals surface area contributed by atoms with E-state index >= 15 is 0 Å². The number of aliphatic imine (C=N–C) groups is 1. The van der Waals surface area contributed by atoms with E-state index in [2.05, 4.69) is 20.9 Å². The van der Waals surface area contributed by atoms with Crippen LogP contribution in [0.2, 0.25) is 5.02 Å². The number of carboxylic acids is 1. The molecule has 1 saturated heterocycles. The molecular weight excluding hydrogens is 568 g/mol. The van der Waals surface area contributed by atoms with Gasteiger partial charge in [-0.05, 0) is 87.4 Å². The van der Waals surface area contributed by atoms with E-state index in [1.165, 1.54) is 28.8 Å². The van der Waals surface area contributed by atoms with Gasteiger partial charge in [0.05, 0.1) is 27.7 Å². The highest BCUT2D eigenvalue weighted by Gasteiger charge is 2.30. The molecule has 0 atom stereocenters. The number of thioether (sulfide) groups is 1. The van der Waals surface area contributed by atoms with Crippen molar-refractivity contribution in [3.8, 4) is 11.5 Å². The van der Waals surface area contributed by atoms with Crippen molar-refractivity contribution in [2.75, 3.05) is 14.2 Å². The zero-order valence-corrected chi connectivity index (χ0v) is 22.4. The number of benzene rings is 3. The summed E-state index contributed by atoms with van der Waals surface area (Å²) in [4.78, 5) is 30.5. The van der Waals surface area contributed by atoms with Crippen LogP contribution < -0.4 is 9.47 Å². The molecule has 1 fully saturated rings. The van der Waals surface area contributed by atoms with Gasteiger partial charge in [-0.15, -0.1) is 0 Å². The SMILES string of the molecule is COc1cc(/C=C2/SC(=Nc3cccc(C(=O)O)c3)N(C)C2=O)cc(Br)c1OCc1ccc(Cl)cc1. The second-order valence-corrected chi connectivity index (χ2v) is 9.97. The van der Waals surface area contributed by atoms with E-state index in [0.717, 1.165) is 11.1 Å². The summed E-state index contributed by atoms with van der Waals surface area (Å²) in [5, 5.41) is 10.3. The number of amides is 1. The Kier molecular flexibility index (Phi) is 8.03. The third-order valence-electron chi connectivity index (χ3n) is 5.17. The van der Waals surface area contributed by atoms with Gasteiger partial charge in [-0.25, -0.2) is 9.79 Å². The number of hydrogen-bond donors (Lipinski definition) is 1. The minimum absolute atomic E-state index is 0.125. The Balaban J connectivity index is 1.57. The summed E-state index contributed by atoms with van der Waals surface area (Å²) < 4.78 is 12.2. The summed E-state index contributed by atoms with van der Waals surface area (Å²) in [7, 11) is 3.17. The zero-order chi connectivity index (χ0) is 25.8. The Morgan fingerprint density at radius 2 is 1.94 bits per heavy atom. The van der Waals surface area contributed by atoms with Gasteiger partial charge < -0.3 is 14.6 Å². The molecule has 3 aromatic carbocycles. The fraction of sp³-hybridized carbons (Fsp3) is 0.115. The molecule has 1 heterocycles. The van der Waals surface area contributed by atoms with Crippen LogP contribution in [0.5, 0.6) is 11.5 Å². The van der Waals surface area contributed by atoms with Gasteiger partial charge >= 0.3 is 5.97 Å². The summed E-state index contributed by atoms with van der Waals surface area (Å²) in [6, 6.07) is 17.2. The van der Waals surface area contributed by atoms with Gasteiger partial charge in [0.1, 0.15) is 6.61 Å². The van der Waals surface area contributed by atoms with Crippen LogP contribution in [0.15, 0.2) is 75.0 Å². The van der Waals surface area contributed by atoms with E-state index in [-0.39, 0.29) is 11.5 Å². The summed E-state index contributed by atoms with van der Waals surface area (Å²) in [5.74, 6) is -0.210. The Morgan fingerprint density at radius 1 is 1.19 bits per heavy atom. The molecule has 0 unspecified atom stereocenters. The predicted molar refractivity (Wildman–Crippen MR) is 145 cm³/mol. The lowest BCUT2D eigenvalue weighted by Gasteiger charge is -2.14. The summed E-state index contributed by atoms with van der Waals surface area (Å²) in [6.07, 6.45) is 1.75. The highest BCUT2D eigenvalue weighted by atomic mass is 79.9. The maximum absolute atomic E-state index is 12.9. The second-order valence-electron chi connectivity index (χ2n) is 7.67. The van der Waals surface area contributed by atoms with E-state index in [9.17, 15) is 14.7 Å². The fourth-order valence-electron chi connectivity index (χ4n) is 3.32. The van der Waals surface area contributed by atoms with Gasteiger partial charge in [-0.3, -0.25) is 9.69 Å². The van der Waals surface area contributed by atoms with E-state index < -0.39 is 5.97 Å². The number of nitrogens with zero attached hydrogens (tertiary/aromatic N) is 2. The average molecular weight is 588 g/mol. The van der Waals surface area contributed by atoms with Crippen molar-refractivity contribution >= 4 is 68.1 Å². The van der Waals surface area contributed by atoms with E-state index in [1.807, 2.05) is 18.2 Å². The van der Waals surface area contributed by atoms with Crippen molar-refractivity contribution in [1.29, 1.82) is 0 Å². The molecule has 4 rings (SSSR count). The number of aromatic carboxylic acids is 1. The van der Waals surface area contributed by atoms with Crippen LogP contribution in [0.1, 0.15) is 21.5 Å². The number of amidine groups is 1. The average Bonchev–Trinajstić information content (AvgIpc) is 3.11. The van der Waals surface area contributed by atoms with E-state index in [4.69, 9.17) is 21.1 Å². The molecule has 0 aromatic heterocycles. The van der Waals surface area contributed by atoms with Crippen LogP contribution >= 0.6 is 39.3 Å². The van der Waals surface area contributed by atoms with Crippen LogP contribution in [-0.2, 0) is 11.4 Å². The lowest BCUT2D eigenvalue weighted by atomic mass is 10.1. The number of ether oxygens (including phenoxy) is 2. The number of rotatable bonds is 7. The Morgan fingerprint density at radius 3 is 2.64 bits per heavy atom. The van der Waals surface area contributed by atoms with Gasteiger partial charge in [0.15, 0.2) is 16.7 Å². The van der Waals surface area contributed by atoms with Crippen LogP contribution in [0, 0.1) is 0 Å². The van der Waals surface area contributed by atoms with Gasteiger partial charge in [0, 0.05) is 12.1 Å². The van der Waals surface area contributed by atoms with Crippen LogP contribution in [-0.4, -0.2) is 41.2 Å². The molecule has 36 heavy (non-hydrogen) atoms. The third-order valence-corrected chi connectivity index (χ3v) is 7.07. The number of carbonyl (C=O) groups excluding carboxylic acids is 1. The Hall–Kier alpha value is -3.27. The maximum Gasteiger partial charge on any atom is 0.335 e. The van der Waals surface area contributed by atoms with Crippen LogP contribution in [0.3, 0.4) is 0 Å². The standard InChI is InChI=1S/C26H20BrClN2O5S/c1-30-24(31)22(36-26(30)29-19-5-3-4-17(13-19)25(32)33)12-16-10-20(27)23(21(11-16)34-2)35-14-15-6-8-18(28)9-7-15/h3-13H,14H2,1-2H3,(H,32,33)/b22-12+,29-26?. The van der Waals surface area contributed by atoms with Crippen molar-refractivity contribution in [3.63, 3.8) is 0 Å². The van der Waals surface area contributed by atoms with Gasteiger partial charge in [-0.2, -0.15) is 0 Å². The molecule has 0 radical (unpaired) electrons. The molecule has 3 aromatic rings. The predicted octanol–water partition coefficient (Wildman–Crippen LogP) is 6.62. The number of carbonyl (C=O) groups is 2. The first-order chi connectivity index (χ1) is 17.2. The Bertz CT molecular complexity index is 1390. The van der Waals surface area contributed by atoms with E-state index in [1.54, 1.807) is 50.6 Å². The van der Waals surface area contributed by atoms with Crippen LogP contribution in [0.4, 0.5) is 5.69 Å². The first kappa shape index (κ1) is 25.8. The summed E-state index contributed by atoms with van der Waals surface area (Å²) >= 11 is 10.7. The number of halogens is 2. The number of carboxylic acid groups (broad SMARTS) is 1. The molecule has 10 heteroatoms. The maximum atomic E-state index is 12.9. The number of methoxy groups -OCH3 is 1. The molecule has 1 aliphatic rings. The van der Waals surface area contributed by atoms with Crippen LogP contribution in [0.25, 0.3) is 6.08 Å². The Labute approximate surface area is 225 Å². The molecule has 1 amide bonds. The van der Waals surface area contributed by atoms with Gasteiger partial charge in [0.2, 0.25) is 0 Å². The quantitative estimate of drug-likeness (QED) is 0.313. The normalized spacial score (nSPS) is 15.6. The summed E-state index contributed by atoms with van der Waals surface area (Å²) in [5.41, 5.74) is 2.26. The highest BCUT2D eigenvalue weighted by molar-refractivity contribution is 9.10. The third kappa shape index (κ3) is 5.92. The molecule has 0 aliphatic carbocycles.